The molecule has 2 amide bonds. The van der Waals surface area contributed by atoms with E-state index in [2.05, 4.69) is 5.32 Å². The minimum absolute atomic E-state index is 0.153. The molecule has 60 heavy (non-hydrogen) atoms. The number of amides is 2. The summed E-state index contributed by atoms with van der Waals surface area (Å²) >= 11 is 0. The van der Waals surface area contributed by atoms with Gasteiger partial charge in [0.1, 0.15) is 30.1 Å². The number of benzene rings is 3. The molecule has 0 saturated carbocycles. The van der Waals surface area contributed by atoms with E-state index < -0.39 is 35.7 Å². The predicted molar refractivity (Wildman–Crippen MR) is 224 cm³/mol. The van der Waals surface area contributed by atoms with Gasteiger partial charge in [-0.1, -0.05) is 37.3 Å². The molecule has 4 rings (SSSR count). The van der Waals surface area contributed by atoms with Crippen LogP contribution in [-0.4, -0.2) is 91.5 Å². The van der Waals surface area contributed by atoms with Crippen LogP contribution in [0.2, 0.25) is 0 Å². The van der Waals surface area contributed by atoms with Gasteiger partial charge >= 0.3 is 12.1 Å². The highest BCUT2D eigenvalue weighted by molar-refractivity contribution is 5.89. The number of esters is 1. The summed E-state index contributed by atoms with van der Waals surface area (Å²) in [5.41, 5.74) is 2.81. The highest BCUT2D eigenvalue weighted by atomic mass is 16.6. The molecule has 0 spiro atoms. The minimum Gasteiger partial charge on any atom is -0.493 e. The van der Waals surface area contributed by atoms with Gasteiger partial charge in [-0.25, -0.2) is 9.59 Å². The smallest absolute Gasteiger partial charge is 0.407 e. The Morgan fingerprint density at radius 1 is 0.883 bits per heavy atom. The van der Waals surface area contributed by atoms with Crippen LogP contribution in [0.3, 0.4) is 0 Å². The number of methoxy groups -OCH3 is 3. The molecule has 0 unspecified atom stereocenters. The number of aliphatic hydroxyl groups excluding tert-OH is 2. The minimum atomic E-state index is -0.823. The van der Waals surface area contributed by atoms with Crippen molar-refractivity contribution in [2.24, 2.45) is 0 Å². The second kappa shape index (κ2) is 22.9. The molecule has 0 aliphatic carbocycles. The number of ether oxygens (including phenoxy) is 6. The number of rotatable bonds is 21. The van der Waals surface area contributed by atoms with Gasteiger partial charge in [0.15, 0.2) is 17.3 Å². The average Bonchev–Trinajstić information content (AvgIpc) is 3.24. The Morgan fingerprint density at radius 3 is 2.23 bits per heavy atom. The molecule has 0 bridgehead atoms. The van der Waals surface area contributed by atoms with E-state index in [1.165, 1.54) is 21.3 Å². The number of aliphatic hydroxyl groups is 2. The van der Waals surface area contributed by atoms with Crippen molar-refractivity contribution in [3.63, 3.8) is 0 Å². The number of hydrogen-bond acceptors (Lipinski definition) is 12. The number of carbonyl (C=O) groups excluding carboxylic acids is 4. The van der Waals surface area contributed by atoms with Crippen LogP contribution in [0.15, 0.2) is 54.6 Å². The van der Waals surface area contributed by atoms with Crippen LogP contribution in [0.4, 0.5) is 4.79 Å². The summed E-state index contributed by atoms with van der Waals surface area (Å²) in [5.74, 6) is 0.204. The molecule has 1 heterocycles. The van der Waals surface area contributed by atoms with Crippen molar-refractivity contribution in [2.45, 2.75) is 116 Å². The maximum absolute atomic E-state index is 14.4. The fourth-order valence-electron chi connectivity index (χ4n) is 7.27. The number of Topliss-reactive ketones (excluding diaryl/α,β-unsaturated/α-hetero) is 1. The van der Waals surface area contributed by atoms with Gasteiger partial charge in [-0.2, -0.15) is 0 Å². The summed E-state index contributed by atoms with van der Waals surface area (Å²) < 4.78 is 34.1. The van der Waals surface area contributed by atoms with Crippen molar-refractivity contribution in [3.05, 3.63) is 82.4 Å². The van der Waals surface area contributed by atoms with Gasteiger partial charge in [0, 0.05) is 19.5 Å². The van der Waals surface area contributed by atoms with Crippen LogP contribution in [0, 0.1) is 0 Å². The molecule has 14 nitrogen and oxygen atoms in total. The molecule has 3 aromatic carbocycles. The quantitative estimate of drug-likeness (QED) is 0.0762. The molecule has 0 aromatic heterocycles. The molecular formula is C46H62N2O12. The van der Waals surface area contributed by atoms with E-state index in [9.17, 15) is 29.4 Å². The van der Waals surface area contributed by atoms with Crippen LogP contribution in [0.1, 0.15) is 112 Å². The maximum atomic E-state index is 14.4. The topological polar surface area (TPSA) is 179 Å². The first-order valence-corrected chi connectivity index (χ1v) is 20.6. The monoisotopic (exact) mass is 834 g/mol. The largest absolute Gasteiger partial charge is 0.493 e. The number of hydrogen-bond donors (Lipinski definition) is 3. The van der Waals surface area contributed by atoms with Gasteiger partial charge in [0.05, 0.1) is 40.5 Å². The molecule has 1 fully saturated rings. The number of nitrogens with zero attached hydrogens (tertiary/aromatic N) is 1. The SMILES string of the molecule is CC[C@H](C(=O)N1CCCC[C@H]1C(=O)O[C@H](CCc1ccc(CO)c(CO)c1)c1cccc(OCC(=O)CCCNC(=O)OC(C)(C)C)c1)c1cc(OC)c(OC)c(OC)c1. The van der Waals surface area contributed by atoms with Gasteiger partial charge in [-0.05, 0) is 118 Å². The van der Waals surface area contributed by atoms with Crippen molar-refractivity contribution >= 4 is 23.8 Å². The average molecular weight is 835 g/mol. The van der Waals surface area contributed by atoms with Crippen molar-refractivity contribution in [1.29, 1.82) is 0 Å². The van der Waals surface area contributed by atoms with Crippen molar-refractivity contribution in [2.75, 3.05) is 41.0 Å². The number of carbonyl (C=O) groups is 4. The molecule has 0 radical (unpaired) electrons. The molecule has 328 valence electrons. The van der Waals surface area contributed by atoms with Crippen LogP contribution < -0.4 is 24.3 Å². The number of piperidine rings is 1. The summed E-state index contributed by atoms with van der Waals surface area (Å²) in [7, 11) is 4.55. The molecule has 1 saturated heterocycles. The fourth-order valence-corrected chi connectivity index (χ4v) is 7.27. The molecule has 1 aliphatic rings. The van der Waals surface area contributed by atoms with E-state index >= 15 is 0 Å². The predicted octanol–water partition coefficient (Wildman–Crippen LogP) is 6.74. The number of alkyl carbamates (subject to hydrolysis) is 1. The Bertz CT molecular complexity index is 1880. The Labute approximate surface area is 353 Å². The van der Waals surface area contributed by atoms with Crippen LogP contribution in [-0.2, 0) is 43.5 Å². The molecule has 1 aliphatic heterocycles. The summed E-state index contributed by atoms with van der Waals surface area (Å²) in [6.45, 7) is 7.28. The fraction of sp³-hybridized carbons (Fsp3) is 0.522. The summed E-state index contributed by atoms with van der Waals surface area (Å²) in [5, 5.41) is 22.3. The zero-order chi connectivity index (χ0) is 43.8. The van der Waals surface area contributed by atoms with Gasteiger partial charge in [0.25, 0.3) is 0 Å². The van der Waals surface area contributed by atoms with E-state index in [4.69, 9.17) is 28.4 Å². The van der Waals surface area contributed by atoms with Gasteiger partial charge in [-0.15, -0.1) is 0 Å². The lowest BCUT2D eigenvalue weighted by Crippen LogP contribution is -2.50. The van der Waals surface area contributed by atoms with E-state index in [1.54, 1.807) is 62.1 Å². The van der Waals surface area contributed by atoms with Gasteiger partial charge < -0.3 is 48.9 Å². The first-order chi connectivity index (χ1) is 28.7. The van der Waals surface area contributed by atoms with Gasteiger partial charge in [0.2, 0.25) is 11.7 Å². The zero-order valence-electron chi connectivity index (χ0n) is 36.0. The normalized spacial score (nSPS) is 15.0. The third-order valence-electron chi connectivity index (χ3n) is 10.3. The first-order valence-electron chi connectivity index (χ1n) is 20.6. The lowest BCUT2D eigenvalue weighted by atomic mass is 9.91. The zero-order valence-corrected chi connectivity index (χ0v) is 36.0. The molecule has 3 atom stereocenters. The first kappa shape index (κ1) is 47.3. The van der Waals surface area contributed by atoms with E-state index in [1.807, 2.05) is 25.1 Å². The second-order valence-electron chi connectivity index (χ2n) is 15.8. The highest BCUT2D eigenvalue weighted by Gasteiger charge is 2.38. The Hall–Kier alpha value is -5.34. The number of aryl methyl sites for hydroxylation is 1. The van der Waals surface area contributed by atoms with E-state index in [-0.39, 0.29) is 44.5 Å². The number of ketones is 1. The molecule has 3 aromatic rings. The van der Waals surface area contributed by atoms with Gasteiger partial charge in [-0.3, -0.25) is 9.59 Å². The standard InChI is InChI=1S/C46H62N2O12/c1-8-37(33-25-40(55-5)42(57-7)41(26-33)56-6)43(52)48-22-10-9-16-38(48)44(53)59-39(20-18-30-17-19-32(27-49)34(23-30)28-50)31-13-11-15-36(24-31)58-29-35(51)14-12-21-47-45(54)60-46(2,3)4/h11,13,15,17,19,23-26,37-39,49-50H,8-10,12,14,16,18,20-22,27-29H2,1-7H3,(H,47,54)/t37-,38-,39+/m0/s1. The lowest BCUT2D eigenvalue weighted by molar-refractivity contribution is -0.162. The number of likely N-dealkylation sites (tertiary alicyclic amines) is 1. The molecule has 14 heteroatoms. The third-order valence-corrected chi connectivity index (χ3v) is 10.3. The lowest BCUT2D eigenvalue weighted by Gasteiger charge is -2.37. The van der Waals surface area contributed by atoms with E-state index in [0.717, 1.165) is 18.4 Å². The van der Waals surface area contributed by atoms with Crippen LogP contribution in [0.25, 0.3) is 0 Å². The molecule has 3 N–H and O–H groups in total. The summed E-state index contributed by atoms with van der Waals surface area (Å²) in [6, 6.07) is 15.2. The van der Waals surface area contributed by atoms with Crippen molar-refractivity contribution in [1.82, 2.24) is 10.2 Å². The summed E-state index contributed by atoms with van der Waals surface area (Å²) in [4.78, 5) is 55.0. The highest BCUT2D eigenvalue weighted by Crippen LogP contribution is 2.41. The van der Waals surface area contributed by atoms with E-state index in [0.29, 0.717) is 83.9 Å². The maximum Gasteiger partial charge on any atom is 0.407 e. The Morgan fingerprint density at radius 2 is 1.60 bits per heavy atom. The Balaban J connectivity index is 1.53. The third kappa shape index (κ3) is 13.3. The van der Waals surface area contributed by atoms with Crippen molar-refractivity contribution in [3.8, 4) is 23.0 Å². The van der Waals surface area contributed by atoms with Crippen LogP contribution >= 0.6 is 0 Å². The van der Waals surface area contributed by atoms with Crippen LogP contribution in [0.5, 0.6) is 23.0 Å². The molecular weight excluding hydrogens is 773 g/mol. The Kier molecular flexibility index (Phi) is 18.0. The second-order valence-corrected chi connectivity index (χ2v) is 15.8. The summed E-state index contributed by atoms with van der Waals surface area (Å²) in [6.07, 6.45) is 2.49. The number of nitrogens with one attached hydrogen (secondary N) is 1. The van der Waals surface area contributed by atoms with Crippen molar-refractivity contribution < 1.29 is 57.8 Å².